The molecule has 0 aliphatic carbocycles. The number of aromatic nitrogens is 1. The number of hydrogen-bond acceptors (Lipinski definition) is 4. The first-order chi connectivity index (χ1) is 11.1. The van der Waals surface area contributed by atoms with Crippen LogP contribution in [0.15, 0.2) is 53.9 Å². The third kappa shape index (κ3) is 3.82. The molecule has 7 heteroatoms. The average Bonchev–Trinajstić information content (AvgIpc) is 3.04. The lowest BCUT2D eigenvalue weighted by Crippen LogP contribution is -2.29. The Hall–Kier alpha value is -2.08. The van der Waals surface area contributed by atoms with E-state index in [1.54, 1.807) is 35.7 Å². The zero-order valence-corrected chi connectivity index (χ0v) is 14.0. The van der Waals surface area contributed by atoms with E-state index < -0.39 is 0 Å². The number of amides is 1. The normalized spacial score (nSPS) is 10.3. The molecule has 3 rings (SSSR count). The van der Waals surface area contributed by atoms with E-state index in [1.807, 2.05) is 18.2 Å². The van der Waals surface area contributed by atoms with Crippen LogP contribution in [0.25, 0.3) is 10.6 Å². The Kier molecular flexibility index (Phi) is 4.81. The van der Waals surface area contributed by atoms with Crippen molar-refractivity contribution in [1.29, 1.82) is 0 Å². The number of hydrogen-bond donors (Lipinski definition) is 2. The van der Waals surface area contributed by atoms with E-state index in [-0.39, 0.29) is 5.91 Å². The Morgan fingerprint density at radius 3 is 2.52 bits per heavy atom. The van der Waals surface area contributed by atoms with Crippen LogP contribution < -0.4 is 10.9 Å². The van der Waals surface area contributed by atoms with Crippen molar-refractivity contribution in [2.75, 3.05) is 5.43 Å². The van der Waals surface area contributed by atoms with Crippen molar-refractivity contribution >= 4 is 46.1 Å². The number of anilines is 1. The van der Waals surface area contributed by atoms with Crippen molar-refractivity contribution in [3.05, 3.63) is 69.7 Å². The zero-order valence-electron chi connectivity index (χ0n) is 11.7. The maximum atomic E-state index is 12.1. The molecule has 1 heterocycles. The molecule has 0 unspecified atom stereocenters. The number of thiazole rings is 1. The summed E-state index contributed by atoms with van der Waals surface area (Å²) in [5.41, 5.74) is 7.26. The van der Waals surface area contributed by atoms with Crippen LogP contribution in [0, 0.1) is 0 Å². The molecule has 2 aromatic carbocycles. The number of halogens is 2. The van der Waals surface area contributed by atoms with Gasteiger partial charge in [0.05, 0.1) is 10.7 Å². The summed E-state index contributed by atoms with van der Waals surface area (Å²) in [7, 11) is 0. The summed E-state index contributed by atoms with van der Waals surface area (Å²) in [5.74, 6) is -0.325. The second-order valence-electron chi connectivity index (χ2n) is 4.60. The first kappa shape index (κ1) is 15.8. The summed E-state index contributed by atoms with van der Waals surface area (Å²) < 4.78 is 0. The van der Waals surface area contributed by atoms with Crippen molar-refractivity contribution < 1.29 is 4.79 Å². The SMILES string of the molecule is O=C(NNc1ccc(Cl)cc1)c1csc(-c2ccccc2Cl)n1. The maximum Gasteiger partial charge on any atom is 0.289 e. The standard InChI is InChI=1S/C16H11Cl2N3OS/c17-10-5-7-11(8-6-10)20-21-15(22)14-9-23-16(19-14)12-3-1-2-4-13(12)18/h1-9,20H,(H,21,22). The van der Waals surface area contributed by atoms with Gasteiger partial charge in [0.25, 0.3) is 5.91 Å². The molecule has 0 fully saturated rings. The molecule has 1 aromatic heterocycles. The van der Waals surface area contributed by atoms with Crippen LogP contribution in [0.3, 0.4) is 0 Å². The van der Waals surface area contributed by atoms with Gasteiger partial charge in [-0.3, -0.25) is 15.6 Å². The topological polar surface area (TPSA) is 54.0 Å². The minimum atomic E-state index is -0.325. The molecule has 3 aromatic rings. The van der Waals surface area contributed by atoms with E-state index in [0.29, 0.717) is 20.7 Å². The van der Waals surface area contributed by atoms with Gasteiger partial charge in [-0.25, -0.2) is 4.98 Å². The van der Waals surface area contributed by atoms with Gasteiger partial charge < -0.3 is 0 Å². The number of hydrazine groups is 1. The van der Waals surface area contributed by atoms with Crippen molar-refractivity contribution in [1.82, 2.24) is 10.4 Å². The molecule has 0 bridgehead atoms. The van der Waals surface area contributed by atoms with Crippen LogP contribution in [-0.2, 0) is 0 Å². The van der Waals surface area contributed by atoms with E-state index in [1.165, 1.54) is 11.3 Å². The quantitative estimate of drug-likeness (QED) is 0.649. The van der Waals surface area contributed by atoms with Crippen LogP contribution in [-0.4, -0.2) is 10.9 Å². The van der Waals surface area contributed by atoms with E-state index in [9.17, 15) is 4.79 Å². The van der Waals surface area contributed by atoms with Crippen LogP contribution >= 0.6 is 34.5 Å². The second kappa shape index (κ2) is 7.00. The fourth-order valence-electron chi connectivity index (χ4n) is 1.86. The van der Waals surface area contributed by atoms with E-state index in [4.69, 9.17) is 23.2 Å². The monoisotopic (exact) mass is 363 g/mol. The fourth-order valence-corrected chi connectivity index (χ4v) is 3.11. The molecule has 2 N–H and O–H groups in total. The van der Waals surface area contributed by atoms with Crippen molar-refractivity contribution in [2.45, 2.75) is 0 Å². The van der Waals surface area contributed by atoms with Gasteiger partial charge in [-0.1, -0.05) is 41.4 Å². The van der Waals surface area contributed by atoms with Gasteiger partial charge >= 0.3 is 0 Å². The maximum absolute atomic E-state index is 12.1. The molecule has 0 saturated carbocycles. The molecule has 0 aliphatic heterocycles. The third-order valence-corrected chi connectivity index (χ3v) is 4.46. The third-order valence-electron chi connectivity index (χ3n) is 3.01. The molecule has 0 spiro atoms. The minimum absolute atomic E-state index is 0.325. The lowest BCUT2D eigenvalue weighted by Gasteiger charge is -2.06. The molecule has 116 valence electrons. The number of nitrogens with zero attached hydrogens (tertiary/aromatic N) is 1. The highest BCUT2D eigenvalue weighted by molar-refractivity contribution is 7.13. The van der Waals surface area contributed by atoms with Crippen molar-refractivity contribution in [3.63, 3.8) is 0 Å². The smallest absolute Gasteiger partial charge is 0.289 e. The second-order valence-corrected chi connectivity index (χ2v) is 6.31. The highest BCUT2D eigenvalue weighted by Gasteiger charge is 2.13. The van der Waals surface area contributed by atoms with Crippen molar-refractivity contribution in [3.8, 4) is 10.6 Å². The summed E-state index contributed by atoms with van der Waals surface area (Å²) >= 11 is 13.3. The first-order valence-electron chi connectivity index (χ1n) is 6.66. The highest BCUT2D eigenvalue weighted by atomic mass is 35.5. The lowest BCUT2D eigenvalue weighted by atomic mass is 10.2. The fraction of sp³-hybridized carbons (Fsp3) is 0. The van der Waals surface area contributed by atoms with Gasteiger partial charge in [-0.2, -0.15) is 0 Å². The number of benzene rings is 2. The molecule has 1 amide bonds. The minimum Gasteiger partial charge on any atom is -0.298 e. The Balaban J connectivity index is 1.69. The van der Waals surface area contributed by atoms with Gasteiger partial charge in [0, 0.05) is 16.0 Å². The predicted molar refractivity (Wildman–Crippen MR) is 95.1 cm³/mol. The van der Waals surface area contributed by atoms with E-state index in [0.717, 1.165) is 11.3 Å². The molecule has 0 aliphatic rings. The average molecular weight is 364 g/mol. The summed E-state index contributed by atoms with van der Waals surface area (Å²) in [5, 5.41) is 3.63. The van der Waals surface area contributed by atoms with E-state index >= 15 is 0 Å². The van der Waals surface area contributed by atoms with Crippen LogP contribution in [0.5, 0.6) is 0 Å². The molecule has 0 radical (unpaired) electrons. The summed E-state index contributed by atoms with van der Waals surface area (Å²) in [6.07, 6.45) is 0. The molecular weight excluding hydrogens is 353 g/mol. The molecule has 0 atom stereocenters. The molecular formula is C16H11Cl2N3OS. The van der Waals surface area contributed by atoms with Gasteiger partial charge in [0.2, 0.25) is 0 Å². The van der Waals surface area contributed by atoms with Crippen molar-refractivity contribution in [2.24, 2.45) is 0 Å². The Bertz CT molecular complexity index is 833. The van der Waals surface area contributed by atoms with Gasteiger partial charge in [0.1, 0.15) is 10.7 Å². The molecule has 23 heavy (non-hydrogen) atoms. The van der Waals surface area contributed by atoms with Gasteiger partial charge in [-0.05, 0) is 30.3 Å². The van der Waals surface area contributed by atoms with Crippen LogP contribution in [0.4, 0.5) is 5.69 Å². The highest BCUT2D eigenvalue weighted by Crippen LogP contribution is 2.30. The summed E-state index contributed by atoms with van der Waals surface area (Å²) in [6, 6.07) is 14.4. The van der Waals surface area contributed by atoms with Gasteiger partial charge in [0.15, 0.2) is 0 Å². The number of nitrogens with one attached hydrogen (secondary N) is 2. The zero-order chi connectivity index (χ0) is 16.2. The Morgan fingerprint density at radius 1 is 1.04 bits per heavy atom. The lowest BCUT2D eigenvalue weighted by molar-refractivity contribution is 0.0958. The summed E-state index contributed by atoms with van der Waals surface area (Å²) in [6.45, 7) is 0. The summed E-state index contributed by atoms with van der Waals surface area (Å²) in [4.78, 5) is 16.5. The molecule has 0 saturated heterocycles. The molecule has 4 nitrogen and oxygen atoms in total. The Morgan fingerprint density at radius 2 is 1.78 bits per heavy atom. The van der Waals surface area contributed by atoms with Gasteiger partial charge in [-0.15, -0.1) is 11.3 Å². The largest absolute Gasteiger partial charge is 0.298 e. The number of carbonyl (C=O) groups is 1. The number of rotatable bonds is 4. The van der Waals surface area contributed by atoms with Crippen LogP contribution in [0.2, 0.25) is 10.0 Å². The first-order valence-corrected chi connectivity index (χ1v) is 8.29. The Labute approximate surface area is 147 Å². The number of carbonyl (C=O) groups excluding carboxylic acids is 1. The van der Waals surface area contributed by atoms with E-state index in [2.05, 4.69) is 15.8 Å². The van der Waals surface area contributed by atoms with Crippen LogP contribution in [0.1, 0.15) is 10.5 Å². The predicted octanol–water partition coefficient (Wildman–Crippen LogP) is 4.87.